The number of nitrogens with one attached hydrogen (secondary N) is 1. The molecule has 0 saturated heterocycles. The number of carbonyl (C=O) groups is 2. The van der Waals surface area contributed by atoms with E-state index in [-0.39, 0.29) is 17.9 Å². The summed E-state index contributed by atoms with van der Waals surface area (Å²) >= 11 is 3.41. The Bertz CT molecular complexity index is 1170. The van der Waals surface area contributed by atoms with Crippen molar-refractivity contribution in [3.63, 3.8) is 0 Å². The largest absolute Gasteiger partial charge is 0.350 e. The van der Waals surface area contributed by atoms with Gasteiger partial charge in [0.1, 0.15) is 12.6 Å². The van der Waals surface area contributed by atoms with Crippen LogP contribution in [0.1, 0.15) is 59.6 Å². The number of hydrogen-bond donors (Lipinski definition) is 1. The summed E-state index contributed by atoms with van der Waals surface area (Å²) in [5.41, 5.74) is 1.69. The molecule has 1 atom stereocenters. The van der Waals surface area contributed by atoms with Crippen molar-refractivity contribution in [1.29, 1.82) is 0 Å². The number of nitrogens with zero attached hydrogens (tertiary/aromatic N) is 2. The number of amides is 2. The first-order valence-electron chi connectivity index (χ1n) is 11.8. The zero-order valence-electron chi connectivity index (χ0n) is 22.4. The fourth-order valence-electron chi connectivity index (χ4n) is 3.58. The molecule has 0 unspecified atom stereocenters. The van der Waals surface area contributed by atoms with Gasteiger partial charge in [-0.25, -0.2) is 8.42 Å². The van der Waals surface area contributed by atoms with Crippen molar-refractivity contribution in [2.75, 3.05) is 17.1 Å². The van der Waals surface area contributed by atoms with Crippen LogP contribution in [-0.2, 0) is 31.6 Å². The molecule has 2 amide bonds. The number of sulfonamides is 1. The van der Waals surface area contributed by atoms with Crippen molar-refractivity contribution in [2.24, 2.45) is 0 Å². The lowest BCUT2D eigenvalue weighted by atomic mass is 9.87. The molecule has 0 aromatic heterocycles. The fraction of sp³-hybridized carbons (Fsp3) is 0.481. The molecule has 0 spiro atoms. The van der Waals surface area contributed by atoms with Gasteiger partial charge in [0.25, 0.3) is 0 Å². The summed E-state index contributed by atoms with van der Waals surface area (Å²) in [4.78, 5) is 28.0. The number of rotatable bonds is 8. The Labute approximate surface area is 224 Å². The second kappa shape index (κ2) is 11.3. The molecule has 2 rings (SSSR count). The van der Waals surface area contributed by atoms with Gasteiger partial charge in [0.15, 0.2) is 0 Å². The number of anilines is 1. The summed E-state index contributed by atoms with van der Waals surface area (Å²) in [6.45, 7) is 13.2. The maximum absolute atomic E-state index is 13.6. The molecular formula is C27H38BrN3O4S. The zero-order chi connectivity index (χ0) is 27.5. The van der Waals surface area contributed by atoms with Crippen LogP contribution in [0.2, 0.25) is 0 Å². The van der Waals surface area contributed by atoms with Gasteiger partial charge < -0.3 is 10.2 Å². The quantitative estimate of drug-likeness (QED) is 0.484. The molecule has 0 aliphatic heterocycles. The topological polar surface area (TPSA) is 86.8 Å². The minimum Gasteiger partial charge on any atom is -0.350 e. The molecule has 9 heteroatoms. The van der Waals surface area contributed by atoms with Gasteiger partial charge in [-0.2, -0.15) is 0 Å². The van der Waals surface area contributed by atoms with Crippen LogP contribution in [0.3, 0.4) is 0 Å². The number of carbonyl (C=O) groups excluding carboxylic acids is 2. The van der Waals surface area contributed by atoms with E-state index in [1.165, 1.54) is 4.90 Å². The van der Waals surface area contributed by atoms with E-state index in [2.05, 4.69) is 42.0 Å². The van der Waals surface area contributed by atoms with Crippen LogP contribution >= 0.6 is 15.9 Å². The van der Waals surface area contributed by atoms with E-state index in [1.807, 2.05) is 57.2 Å². The smallest absolute Gasteiger partial charge is 0.244 e. The molecule has 2 aromatic carbocycles. The van der Waals surface area contributed by atoms with Crippen molar-refractivity contribution in [3.05, 3.63) is 64.1 Å². The highest BCUT2D eigenvalue weighted by molar-refractivity contribution is 9.10. The summed E-state index contributed by atoms with van der Waals surface area (Å²) in [6, 6.07) is 13.8. The number of halogens is 1. The molecule has 0 radical (unpaired) electrons. The summed E-state index contributed by atoms with van der Waals surface area (Å²) in [6.07, 6.45) is 1.08. The minimum absolute atomic E-state index is 0.0956. The van der Waals surface area contributed by atoms with Crippen LogP contribution < -0.4 is 9.62 Å². The highest BCUT2D eigenvalue weighted by atomic mass is 79.9. The van der Waals surface area contributed by atoms with Gasteiger partial charge in [-0.1, -0.05) is 61.0 Å². The van der Waals surface area contributed by atoms with Crippen molar-refractivity contribution in [2.45, 2.75) is 72.0 Å². The van der Waals surface area contributed by atoms with E-state index in [0.717, 1.165) is 26.2 Å². The average Bonchev–Trinajstić information content (AvgIpc) is 2.74. The first-order chi connectivity index (χ1) is 16.4. The van der Waals surface area contributed by atoms with E-state index < -0.39 is 34.1 Å². The predicted octanol–water partition coefficient (Wildman–Crippen LogP) is 4.84. The Kier molecular flexibility index (Phi) is 9.40. The summed E-state index contributed by atoms with van der Waals surface area (Å²) in [5, 5.41) is 2.91. The van der Waals surface area contributed by atoms with E-state index in [4.69, 9.17) is 0 Å². The first kappa shape index (κ1) is 29.8. The van der Waals surface area contributed by atoms with Crippen LogP contribution in [0, 0.1) is 0 Å². The molecule has 0 aliphatic carbocycles. The molecule has 7 nitrogen and oxygen atoms in total. The summed E-state index contributed by atoms with van der Waals surface area (Å²) in [5.74, 6) is -0.784. The molecule has 0 fully saturated rings. The van der Waals surface area contributed by atoms with Gasteiger partial charge in [-0.05, 0) is 68.5 Å². The van der Waals surface area contributed by atoms with Crippen LogP contribution in [0.25, 0.3) is 0 Å². The molecule has 2 aromatic rings. The van der Waals surface area contributed by atoms with Crippen molar-refractivity contribution in [1.82, 2.24) is 10.2 Å². The Hall–Kier alpha value is -2.39. The third-order valence-corrected chi connectivity index (χ3v) is 7.30. The second-order valence-corrected chi connectivity index (χ2v) is 14.0. The van der Waals surface area contributed by atoms with Gasteiger partial charge >= 0.3 is 0 Å². The van der Waals surface area contributed by atoms with E-state index in [0.29, 0.717) is 5.69 Å². The minimum atomic E-state index is -3.77. The molecule has 198 valence electrons. The van der Waals surface area contributed by atoms with Crippen molar-refractivity contribution < 1.29 is 18.0 Å². The van der Waals surface area contributed by atoms with Gasteiger partial charge in [0.2, 0.25) is 21.8 Å². The van der Waals surface area contributed by atoms with E-state index in [9.17, 15) is 18.0 Å². The Balaban J connectivity index is 2.41. The molecule has 1 N–H and O–H groups in total. The Morgan fingerprint density at radius 2 is 1.47 bits per heavy atom. The molecule has 0 aliphatic rings. The lowest BCUT2D eigenvalue weighted by Crippen LogP contribution is -2.54. The average molecular weight is 581 g/mol. The summed E-state index contributed by atoms with van der Waals surface area (Å²) in [7, 11) is -3.77. The maximum atomic E-state index is 13.6. The Morgan fingerprint density at radius 3 is 1.92 bits per heavy atom. The SMILES string of the molecule is C[C@@H](C(=O)NC(C)(C)C)N(Cc1ccc(Br)cc1)C(=O)CN(c1ccc(C(C)(C)C)cc1)S(C)(=O)=O. The second-order valence-electron chi connectivity index (χ2n) is 11.1. The third-order valence-electron chi connectivity index (χ3n) is 5.63. The molecular weight excluding hydrogens is 542 g/mol. The van der Waals surface area contributed by atoms with Crippen LogP contribution in [0.4, 0.5) is 5.69 Å². The molecule has 36 heavy (non-hydrogen) atoms. The zero-order valence-corrected chi connectivity index (χ0v) is 24.8. The fourth-order valence-corrected chi connectivity index (χ4v) is 4.70. The number of hydrogen-bond acceptors (Lipinski definition) is 4. The van der Waals surface area contributed by atoms with Gasteiger partial charge in [-0.3, -0.25) is 13.9 Å². The predicted molar refractivity (Wildman–Crippen MR) is 149 cm³/mol. The lowest BCUT2D eigenvalue weighted by molar-refractivity contribution is -0.140. The standard InChI is InChI=1S/C27H38BrN3O4S/c1-19(25(33)29-27(5,6)7)30(17-20-9-13-22(28)14-10-20)24(32)18-31(36(8,34)35)23-15-11-21(12-16-23)26(2,3)4/h9-16,19H,17-18H2,1-8H3,(H,29,33)/t19-/m0/s1. The maximum Gasteiger partial charge on any atom is 0.244 e. The first-order valence-corrected chi connectivity index (χ1v) is 14.5. The van der Waals surface area contributed by atoms with Crippen LogP contribution in [0.5, 0.6) is 0 Å². The normalized spacial score (nSPS) is 13.1. The van der Waals surface area contributed by atoms with E-state index >= 15 is 0 Å². The highest BCUT2D eigenvalue weighted by Gasteiger charge is 2.31. The number of benzene rings is 2. The van der Waals surface area contributed by atoms with Gasteiger partial charge in [0.05, 0.1) is 11.9 Å². The molecule has 0 bridgehead atoms. The Morgan fingerprint density at radius 1 is 0.944 bits per heavy atom. The highest BCUT2D eigenvalue weighted by Crippen LogP contribution is 2.26. The third kappa shape index (κ3) is 8.62. The molecule has 0 saturated carbocycles. The van der Waals surface area contributed by atoms with Crippen molar-refractivity contribution in [3.8, 4) is 0 Å². The van der Waals surface area contributed by atoms with Crippen molar-refractivity contribution >= 4 is 43.5 Å². The van der Waals surface area contributed by atoms with Gasteiger partial charge in [-0.15, -0.1) is 0 Å². The van der Waals surface area contributed by atoms with Gasteiger partial charge in [0, 0.05) is 16.6 Å². The monoisotopic (exact) mass is 579 g/mol. The lowest BCUT2D eigenvalue weighted by Gasteiger charge is -2.33. The van der Waals surface area contributed by atoms with E-state index in [1.54, 1.807) is 19.1 Å². The van der Waals surface area contributed by atoms with Crippen LogP contribution in [0.15, 0.2) is 53.0 Å². The molecule has 0 heterocycles. The van der Waals surface area contributed by atoms with Crippen LogP contribution in [-0.4, -0.2) is 49.5 Å². The summed E-state index contributed by atoms with van der Waals surface area (Å²) < 4.78 is 27.4.